The Hall–Kier alpha value is -0.460. The highest BCUT2D eigenvalue weighted by Gasteiger charge is 2.11. The van der Waals surface area contributed by atoms with Crippen molar-refractivity contribution in [2.45, 2.75) is 52.4 Å². The van der Waals surface area contributed by atoms with Gasteiger partial charge in [0, 0.05) is 18.8 Å². The van der Waals surface area contributed by atoms with Crippen LogP contribution < -0.4 is 0 Å². The maximum atomic E-state index is 2.57. The Kier molecular flexibility index (Phi) is 4.95. The van der Waals surface area contributed by atoms with Gasteiger partial charge in [0.25, 0.3) is 0 Å². The average molecular weight is 181 g/mol. The Labute approximate surface area is 82.8 Å². The quantitative estimate of drug-likeness (QED) is 0.566. The molecular formula is C12H23N. The van der Waals surface area contributed by atoms with Crippen LogP contribution in [0.4, 0.5) is 0 Å². The third kappa shape index (κ3) is 3.41. The van der Waals surface area contributed by atoms with Crippen LogP contribution in [0.3, 0.4) is 0 Å². The molecule has 0 amide bonds. The number of hydrogen-bond donors (Lipinski definition) is 0. The molecule has 13 heavy (non-hydrogen) atoms. The van der Waals surface area contributed by atoms with Gasteiger partial charge in [-0.2, -0.15) is 0 Å². The van der Waals surface area contributed by atoms with Crippen molar-refractivity contribution in [2.75, 3.05) is 13.1 Å². The molecule has 0 aromatic heterocycles. The van der Waals surface area contributed by atoms with E-state index in [-0.39, 0.29) is 0 Å². The van der Waals surface area contributed by atoms with Crippen LogP contribution in [0.15, 0.2) is 11.8 Å². The highest BCUT2D eigenvalue weighted by Crippen LogP contribution is 2.18. The number of allylic oxidation sites excluding steroid dienone is 1. The molecule has 0 radical (unpaired) electrons. The summed E-state index contributed by atoms with van der Waals surface area (Å²) >= 11 is 0. The molecule has 0 bridgehead atoms. The van der Waals surface area contributed by atoms with Gasteiger partial charge in [-0.3, -0.25) is 0 Å². The second-order valence-electron chi connectivity index (χ2n) is 3.89. The lowest BCUT2D eigenvalue weighted by Gasteiger charge is -2.21. The van der Waals surface area contributed by atoms with Crippen molar-refractivity contribution >= 4 is 0 Å². The van der Waals surface area contributed by atoms with E-state index in [1.54, 1.807) is 5.70 Å². The van der Waals surface area contributed by atoms with Crippen molar-refractivity contribution in [3.8, 4) is 0 Å². The largest absolute Gasteiger partial charge is 0.375 e. The van der Waals surface area contributed by atoms with Gasteiger partial charge in [0.05, 0.1) is 0 Å². The van der Waals surface area contributed by atoms with Gasteiger partial charge in [-0.1, -0.05) is 39.2 Å². The van der Waals surface area contributed by atoms with Crippen LogP contribution in [0.5, 0.6) is 0 Å². The van der Waals surface area contributed by atoms with Gasteiger partial charge in [-0.25, -0.2) is 0 Å². The number of nitrogens with zero attached hydrogens (tertiary/aromatic N) is 1. The summed E-state index contributed by atoms with van der Waals surface area (Å²) in [6.45, 7) is 7.10. The highest BCUT2D eigenvalue weighted by molar-refractivity contribution is 5.06. The van der Waals surface area contributed by atoms with Crippen molar-refractivity contribution in [2.24, 2.45) is 0 Å². The van der Waals surface area contributed by atoms with Crippen LogP contribution in [0.2, 0.25) is 0 Å². The molecular weight excluding hydrogens is 158 g/mol. The summed E-state index contributed by atoms with van der Waals surface area (Å²) in [5, 5.41) is 0. The Morgan fingerprint density at radius 1 is 1.23 bits per heavy atom. The molecule has 1 heteroatoms. The second-order valence-corrected chi connectivity index (χ2v) is 3.89. The van der Waals surface area contributed by atoms with E-state index in [1.807, 2.05) is 0 Å². The molecule has 1 heterocycles. The zero-order valence-electron chi connectivity index (χ0n) is 9.18. The van der Waals surface area contributed by atoms with Crippen LogP contribution in [-0.2, 0) is 0 Å². The first-order valence-electron chi connectivity index (χ1n) is 5.82. The standard InChI is InChI=1S/C12H23N/c1-3-5-6-7-10-13-11-8-9-12(13)4-2/h9H,3-8,10-11H2,1-2H3. The van der Waals surface area contributed by atoms with E-state index in [4.69, 9.17) is 0 Å². The predicted molar refractivity (Wildman–Crippen MR) is 58.7 cm³/mol. The van der Waals surface area contributed by atoms with Crippen LogP contribution in [0.25, 0.3) is 0 Å². The fourth-order valence-electron chi connectivity index (χ4n) is 2.01. The van der Waals surface area contributed by atoms with Gasteiger partial charge in [-0.05, 0) is 19.3 Å². The SMILES string of the molecule is CCCCCCN1CCC=C1CC. The molecule has 0 N–H and O–H groups in total. The van der Waals surface area contributed by atoms with Crippen LogP contribution in [-0.4, -0.2) is 18.0 Å². The van der Waals surface area contributed by atoms with Crippen molar-refractivity contribution < 1.29 is 0 Å². The third-order valence-corrected chi connectivity index (χ3v) is 2.83. The normalized spacial score (nSPS) is 16.5. The summed E-state index contributed by atoms with van der Waals surface area (Å²) in [5.41, 5.74) is 1.58. The van der Waals surface area contributed by atoms with E-state index in [0.29, 0.717) is 0 Å². The van der Waals surface area contributed by atoms with Crippen molar-refractivity contribution in [3.63, 3.8) is 0 Å². The van der Waals surface area contributed by atoms with Gasteiger partial charge in [0.2, 0.25) is 0 Å². The van der Waals surface area contributed by atoms with Gasteiger partial charge >= 0.3 is 0 Å². The monoisotopic (exact) mass is 181 g/mol. The van der Waals surface area contributed by atoms with E-state index >= 15 is 0 Å². The number of unbranched alkanes of at least 4 members (excludes halogenated alkanes) is 3. The van der Waals surface area contributed by atoms with Gasteiger partial charge < -0.3 is 4.90 Å². The molecule has 1 aliphatic rings. The summed E-state index contributed by atoms with van der Waals surface area (Å²) in [6, 6.07) is 0. The first kappa shape index (κ1) is 10.6. The van der Waals surface area contributed by atoms with E-state index < -0.39 is 0 Å². The first-order chi connectivity index (χ1) is 6.38. The van der Waals surface area contributed by atoms with Crippen LogP contribution in [0.1, 0.15) is 52.4 Å². The van der Waals surface area contributed by atoms with E-state index in [0.717, 1.165) is 0 Å². The Morgan fingerprint density at radius 2 is 2.08 bits per heavy atom. The molecule has 0 spiro atoms. The molecule has 0 saturated carbocycles. The smallest absolute Gasteiger partial charge is 0.0210 e. The van der Waals surface area contributed by atoms with Gasteiger partial charge in [-0.15, -0.1) is 0 Å². The Bertz CT molecular complexity index is 161. The van der Waals surface area contributed by atoms with Crippen molar-refractivity contribution in [3.05, 3.63) is 11.8 Å². The maximum Gasteiger partial charge on any atom is 0.0210 e. The lowest BCUT2D eigenvalue weighted by atomic mass is 10.2. The number of rotatable bonds is 6. The molecule has 0 saturated heterocycles. The fourth-order valence-corrected chi connectivity index (χ4v) is 2.01. The minimum atomic E-state index is 1.22. The highest BCUT2D eigenvalue weighted by atomic mass is 15.1. The van der Waals surface area contributed by atoms with Gasteiger partial charge in [0.15, 0.2) is 0 Å². The fraction of sp³-hybridized carbons (Fsp3) is 0.833. The summed E-state index contributed by atoms with van der Waals surface area (Å²) in [4.78, 5) is 2.57. The second kappa shape index (κ2) is 6.06. The molecule has 76 valence electrons. The maximum absolute atomic E-state index is 2.57. The number of hydrogen-bond acceptors (Lipinski definition) is 1. The lowest BCUT2D eigenvalue weighted by Crippen LogP contribution is -2.20. The molecule has 0 unspecified atom stereocenters. The third-order valence-electron chi connectivity index (χ3n) is 2.83. The van der Waals surface area contributed by atoms with E-state index in [9.17, 15) is 0 Å². The molecule has 0 aromatic rings. The first-order valence-corrected chi connectivity index (χ1v) is 5.82. The van der Waals surface area contributed by atoms with E-state index in [2.05, 4.69) is 24.8 Å². The van der Waals surface area contributed by atoms with Crippen molar-refractivity contribution in [1.82, 2.24) is 4.90 Å². The molecule has 0 fully saturated rings. The predicted octanol–water partition coefficient (Wildman–Crippen LogP) is 3.57. The van der Waals surface area contributed by atoms with Crippen LogP contribution >= 0.6 is 0 Å². The minimum absolute atomic E-state index is 1.22. The molecule has 0 aliphatic carbocycles. The molecule has 1 nitrogen and oxygen atoms in total. The zero-order chi connectivity index (χ0) is 9.52. The summed E-state index contributed by atoms with van der Waals surface area (Å²) in [5.74, 6) is 0. The summed E-state index contributed by atoms with van der Waals surface area (Å²) in [7, 11) is 0. The van der Waals surface area contributed by atoms with E-state index in [1.165, 1.54) is 51.6 Å². The topological polar surface area (TPSA) is 3.24 Å². The van der Waals surface area contributed by atoms with Crippen molar-refractivity contribution in [1.29, 1.82) is 0 Å². The molecule has 1 rings (SSSR count). The molecule has 0 aromatic carbocycles. The van der Waals surface area contributed by atoms with Gasteiger partial charge in [0.1, 0.15) is 0 Å². The lowest BCUT2D eigenvalue weighted by molar-refractivity contribution is 0.354. The van der Waals surface area contributed by atoms with Crippen LogP contribution in [0, 0.1) is 0 Å². The average Bonchev–Trinajstić information content (AvgIpc) is 2.60. The summed E-state index contributed by atoms with van der Waals surface area (Å²) < 4.78 is 0. The molecule has 0 atom stereocenters. The molecule has 1 aliphatic heterocycles. The zero-order valence-corrected chi connectivity index (χ0v) is 9.18. The Balaban J connectivity index is 2.11. The summed E-state index contributed by atoms with van der Waals surface area (Å²) in [6.07, 6.45) is 10.4. The minimum Gasteiger partial charge on any atom is -0.375 e. The Morgan fingerprint density at radius 3 is 2.77 bits per heavy atom.